The summed E-state index contributed by atoms with van der Waals surface area (Å²) in [7, 11) is 0. The molecule has 0 atom stereocenters. The molecule has 7 heteroatoms. The summed E-state index contributed by atoms with van der Waals surface area (Å²) in [6, 6.07) is 10.8. The highest BCUT2D eigenvalue weighted by molar-refractivity contribution is 6.12. The van der Waals surface area contributed by atoms with Crippen molar-refractivity contribution < 1.29 is 28.2 Å². The number of cyclic esters (lactones) is 1. The Labute approximate surface area is 167 Å². The van der Waals surface area contributed by atoms with Gasteiger partial charge in [0.05, 0.1) is 18.1 Å². The van der Waals surface area contributed by atoms with Crippen molar-refractivity contribution in [2.45, 2.75) is 20.8 Å². The van der Waals surface area contributed by atoms with Crippen LogP contribution >= 0.6 is 0 Å². The van der Waals surface area contributed by atoms with E-state index in [0.29, 0.717) is 17.9 Å². The highest BCUT2D eigenvalue weighted by Crippen LogP contribution is 2.31. The lowest BCUT2D eigenvalue weighted by Gasteiger charge is -2.12. The first-order valence-corrected chi connectivity index (χ1v) is 9.15. The summed E-state index contributed by atoms with van der Waals surface area (Å²) in [5.41, 5.74) is 0.719. The number of carbonyl (C=O) groups is 2. The van der Waals surface area contributed by atoms with Crippen LogP contribution in [0.25, 0.3) is 6.08 Å². The summed E-state index contributed by atoms with van der Waals surface area (Å²) in [5, 5.41) is 0. The smallest absolute Gasteiger partial charge is 0.363 e. The zero-order valence-electron chi connectivity index (χ0n) is 16.3. The van der Waals surface area contributed by atoms with Crippen LogP contribution in [0, 0.1) is 11.7 Å². The largest absolute Gasteiger partial charge is 0.490 e. The maximum absolute atomic E-state index is 13.9. The number of carbonyl (C=O) groups excluding carboxylic acids is 2. The van der Waals surface area contributed by atoms with Gasteiger partial charge in [0.25, 0.3) is 0 Å². The van der Waals surface area contributed by atoms with Gasteiger partial charge in [0.1, 0.15) is 5.82 Å². The Morgan fingerprint density at radius 1 is 1.21 bits per heavy atom. The molecule has 2 aromatic carbocycles. The maximum atomic E-state index is 13.9. The molecule has 0 saturated heterocycles. The van der Waals surface area contributed by atoms with Gasteiger partial charge in [0.2, 0.25) is 5.90 Å². The average molecular weight is 397 g/mol. The number of esters is 2. The molecular weight excluding hydrogens is 377 g/mol. The van der Waals surface area contributed by atoms with E-state index in [2.05, 4.69) is 4.99 Å². The minimum atomic E-state index is -0.684. The molecule has 0 aromatic heterocycles. The SMILES string of the molecule is CCOc1cc(/C=C2\N=C(c3ccccc3F)OC2=O)ccc1OC(=O)C(C)C. The molecule has 29 heavy (non-hydrogen) atoms. The summed E-state index contributed by atoms with van der Waals surface area (Å²) < 4.78 is 29.9. The maximum Gasteiger partial charge on any atom is 0.363 e. The number of ether oxygens (including phenoxy) is 3. The van der Waals surface area contributed by atoms with Crippen LogP contribution in [0.2, 0.25) is 0 Å². The van der Waals surface area contributed by atoms with Gasteiger partial charge < -0.3 is 14.2 Å². The van der Waals surface area contributed by atoms with E-state index < -0.39 is 11.8 Å². The lowest BCUT2D eigenvalue weighted by Crippen LogP contribution is -2.15. The van der Waals surface area contributed by atoms with E-state index in [1.165, 1.54) is 24.3 Å². The van der Waals surface area contributed by atoms with Crippen molar-refractivity contribution in [3.63, 3.8) is 0 Å². The quantitative estimate of drug-likeness (QED) is 0.416. The van der Waals surface area contributed by atoms with E-state index in [4.69, 9.17) is 14.2 Å². The third-order valence-corrected chi connectivity index (χ3v) is 3.98. The predicted octanol–water partition coefficient (Wildman–Crippen LogP) is 4.13. The van der Waals surface area contributed by atoms with Gasteiger partial charge in [0.15, 0.2) is 17.2 Å². The van der Waals surface area contributed by atoms with Crippen LogP contribution in [-0.4, -0.2) is 24.4 Å². The second-order valence-electron chi connectivity index (χ2n) is 6.53. The number of benzene rings is 2. The van der Waals surface area contributed by atoms with Crippen LogP contribution in [0.1, 0.15) is 31.9 Å². The molecule has 0 amide bonds. The van der Waals surface area contributed by atoms with Gasteiger partial charge in [-0.1, -0.05) is 32.0 Å². The molecule has 0 aliphatic carbocycles. The van der Waals surface area contributed by atoms with Crippen LogP contribution < -0.4 is 9.47 Å². The first-order valence-electron chi connectivity index (χ1n) is 9.15. The van der Waals surface area contributed by atoms with Crippen molar-refractivity contribution in [3.8, 4) is 11.5 Å². The van der Waals surface area contributed by atoms with E-state index in [1.807, 2.05) is 0 Å². The molecule has 0 fully saturated rings. The van der Waals surface area contributed by atoms with Crippen molar-refractivity contribution in [2.75, 3.05) is 6.61 Å². The molecule has 1 heterocycles. The van der Waals surface area contributed by atoms with E-state index in [0.717, 1.165) is 0 Å². The van der Waals surface area contributed by atoms with Crippen LogP contribution in [0.5, 0.6) is 11.5 Å². The summed E-state index contributed by atoms with van der Waals surface area (Å²) >= 11 is 0. The van der Waals surface area contributed by atoms with E-state index in [1.54, 1.807) is 45.0 Å². The topological polar surface area (TPSA) is 74.2 Å². The molecule has 0 N–H and O–H groups in total. The highest BCUT2D eigenvalue weighted by Gasteiger charge is 2.26. The number of halogens is 1. The molecule has 0 spiro atoms. The molecular formula is C22H20FNO5. The number of hydrogen-bond donors (Lipinski definition) is 0. The number of aliphatic imine (C=N–C) groups is 1. The summed E-state index contributed by atoms with van der Waals surface area (Å²) in [4.78, 5) is 28.1. The molecule has 6 nitrogen and oxygen atoms in total. The number of rotatable bonds is 6. The van der Waals surface area contributed by atoms with Crippen LogP contribution in [0.15, 0.2) is 53.2 Å². The van der Waals surface area contributed by atoms with Crippen LogP contribution in [0.3, 0.4) is 0 Å². The Morgan fingerprint density at radius 2 is 1.97 bits per heavy atom. The lowest BCUT2D eigenvalue weighted by atomic mass is 10.1. The van der Waals surface area contributed by atoms with Crippen molar-refractivity contribution >= 4 is 23.9 Å². The Bertz CT molecular complexity index is 1010. The van der Waals surface area contributed by atoms with Gasteiger partial charge >= 0.3 is 11.9 Å². The second-order valence-corrected chi connectivity index (χ2v) is 6.53. The fourth-order valence-corrected chi connectivity index (χ4v) is 2.51. The van der Waals surface area contributed by atoms with Gasteiger partial charge in [-0.3, -0.25) is 4.79 Å². The van der Waals surface area contributed by atoms with Crippen molar-refractivity contribution in [1.82, 2.24) is 0 Å². The number of hydrogen-bond acceptors (Lipinski definition) is 6. The Morgan fingerprint density at radius 3 is 2.66 bits per heavy atom. The molecule has 0 unspecified atom stereocenters. The summed E-state index contributed by atoms with van der Waals surface area (Å²) in [6.45, 7) is 5.64. The molecule has 1 aliphatic rings. The first kappa shape index (κ1) is 20.3. The van der Waals surface area contributed by atoms with Crippen molar-refractivity contribution in [2.24, 2.45) is 10.9 Å². The van der Waals surface area contributed by atoms with Gasteiger partial charge in [0, 0.05) is 0 Å². The zero-order valence-corrected chi connectivity index (χ0v) is 16.3. The molecule has 3 rings (SSSR count). The van der Waals surface area contributed by atoms with E-state index in [9.17, 15) is 14.0 Å². The van der Waals surface area contributed by atoms with Gasteiger partial charge in [-0.05, 0) is 42.8 Å². The van der Waals surface area contributed by atoms with E-state index >= 15 is 0 Å². The summed E-state index contributed by atoms with van der Waals surface area (Å²) in [5.74, 6) is -1.32. The Kier molecular flexibility index (Phi) is 6.07. The normalized spacial score (nSPS) is 14.7. The highest BCUT2D eigenvalue weighted by atomic mass is 19.1. The first-order chi connectivity index (χ1) is 13.9. The third kappa shape index (κ3) is 4.68. The molecule has 0 radical (unpaired) electrons. The van der Waals surface area contributed by atoms with Crippen molar-refractivity contribution in [1.29, 1.82) is 0 Å². The molecule has 150 valence electrons. The fraction of sp³-hybridized carbons (Fsp3) is 0.227. The predicted molar refractivity (Wildman–Crippen MR) is 105 cm³/mol. The molecule has 1 aliphatic heterocycles. The molecule has 2 aromatic rings. The number of nitrogens with zero attached hydrogens (tertiary/aromatic N) is 1. The Hall–Kier alpha value is -3.48. The van der Waals surface area contributed by atoms with Crippen LogP contribution in [-0.2, 0) is 14.3 Å². The zero-order chi connectivity index (χ0) is 21.0. The van der Waals surface area contributed by atoms with Crippen LogP contribution in [0.4, 0.5) is 4.39 Å². The monoisotopic (exact) mass is 397 g/mol. The van der Waals surface area contributed by atoms with Gasteiger partial charge in [-0.2, -0.15) is 0 Å². The molecule has 0 bridgehead atoms. The Balaban J connectivity index is 1.91. The minimum Gasteiger partial charge on any atom is -0.490 e. The van der Waals surface area contributed by atoms with E-state index in [-0.39, 0.29) is 34.8 Å². The third-order valence-electron chi connectivity index (χ3n) is 3.98. The summed E-state index contributed by atoms with van der Waals surface area (Å²) in [6.07, 6.45) is 1.49. The average Bonchev–Trinajstić information content (AvgIpc) is 3.04. The van der Waals surface area contributed by atoms with Gasteiger partial charge in [-0.25, -0.2) is 14.2 Å². The van der Waals surface area contributed by atoms with Crippen molar-refractivity contribution in [3.05, 3.63) is 65.1 Å². The fourth-order valence-electron chi connectivity index (χ4n) is 2.51. The minimum absolute atomic E-state index is 0.0256. The van der Waals surface area contributed by atoms with Gasteiger partial charge in [-0.15, -0.1) is 0 Å². The second kappa shape index (κ2) is 8.68. The molecule has 0 saturated carbocycles. The standard InChI is InChI=1S/C22H20FNO5/c1-4-27-19-12-14(9-10-18(19)28-21(25)13(2)3)11-17-22(26)29-20(24-17)15-7-5-6-8-16(15)23/h5-13H,4H2,1-3H3/b17-11-. The lowest BCUT2D eigenvalue weighted by molar-refractivity contribution is -0.138.